The molecule has 1 aromatic heterocycles. The summed E-state index contributed by atoms with van der Waals surface area (Å²) in [6.07, 6.45) is 1.56. The first kappa shape index (κ1) is 11.2. The third-order valence-corrected chi connectivity index (χ3v) is 2.50. The van der Waals surface area contributed by atoms with Crippen molar-refractivity contribution in [2.45, 2.75) is 0 Å². The van der Waals surface area contributed by atoms with Gasteiger partial charge in [-0.25, -0.2) is 4.98 Å². The highest BCUT2D eigenvalue weighted by molar-refractivity contribution is 6.33. The first-order chi connectivity index (χ1) is 8.20. The van der Waals surface area contributed by atoms with Crippen LogP contribution in [-0.4, -0.2) is 4.98 Å². The Kier molecular flexibility index (Phi) is 3.12. The lowest BCUT2D eigenvalue weighted by Gasteiger charge is -2.09. The van der Waals surface area contributed by atoms with Gasteiger partial charge in [-0.15, -0.1) is 0 Å². The SMILES string of the molecule is N#Cc1ncccc1Nc1cc(N)ccc1Cl. The average molecular weight is 245 g/mol. The van der Waals surface area contributed by atoms with Gasteiger partial charge in [0.2, 0.25) is 0 Å². The number of rotatable bonds is 2. The average Bonchev–Trinajstić information content (AvgIpc) is 2.34. The number of halogens is 1. The molecule has 2 rings (SSSR count). The quantitative estimate of drug-likeness (QED) is 0.797. The summed E-state index contributed by atoms with van der Waals surface area (Å²) in [5.74, 6) is 0. The fourth-order valence-electron chi connectivity index (χ4n) is 1.38. The Morgan fingerprint density at radius 3 is 2.88 bits per heavy atom. The third kappa shape index (κ3) is 2.47. The van der Waals surface area contributed by atoms with E-state index >= 15 is 0 Å². The highest BCUT2D eigenvalue weighted by atomic mass is 35.5. The number of pyridine rings is 1. The highest BCUT2D eigenvalue weighted by Gasteiger charge is 2.05. The summed E-state index contributed by atoms with van der Waals surface area (Å²) in [5.41, 5.74) is 7.83. The van der Waals surface area contributed by atoms with E-state index in [-0.39, 0.29) is 0 Å². The molecule has 0 saturated carbocycles. The second kappa shape index (κ2) is 4.73. The van der Waals surface area contributed by atoms with Crippen molar-refractivity contribution in [3.05, 3.63) is 47.2 Å². The molecule has 0 aliphatic carbocycles. The molecule has 2 aromatic rings. The molecule has 0 aliphatic rings. The topological polar surface area (TPSA) is 74.7 Å². The number of nitrogens with two attached hydrogens (primary N) is 1. The molecule has 0 atom stereocenters. The van der Waals surface area contributed by atoms with Crippen molar-refractivity contribution in [2.24, 2.45) is 0 Å². The molecule has 5 heteroatoms. The molecular formula is C12H9ClN4. The number of nitrogens with zero attached hydrogens (tertiary/aromatic N) is 2. The van der Waals surface area contributed by atoms with Crippen molar-refractivity contribution in [3.63, 3.8) is 0 Å². The van der Waals surface area contributed by atoms with Crippen LogP contribution in [0.3, 0.4) is 0 Å². The summed E-state index contributed by atoms with van der Waals surface area (Å²) >= 11 is 6.02. The van der Waals surface area contributed by atoms with Crippen LogP contribution < -0.4 is 11.1 Å². The summed E-state index contributed by atoms with van der Waals surface area (Å²) in [4.78, 5) is 3.95. The predicted octanol–water partition coefficient (Wildman–Crippen LogP) is 2.93. The molecule has 17 heavy (non-hydrogen) atoms. The normalized spacial score (nSPS) is 9.65. The van der Waals surface area contributed by atoms with Crippen LogP contribution in [0.2, 0.25) is 5.02 Å². The zero-order valence-electron chi connectivity index (χ0n) is 8.81. The molecule has 0 fully saturated rings. The fraction of sp³-hybridized carbons (Fsp3) is 0. The molecule has 1 heterocycles. The Hall–Kier alpha value is -2.25. The fourth-order valence-corrected chi connectivity index (χ4v) is 1.54. The molecule has 0 aliphatic heterocycles. The number of nitriles is 1. The summed E-state index contributed by atoms with van der Waals surface area (Å²) in [5, 5.41) is 12.5. The van der Waals surface area contributed by atoms with Gasteiger partial charge in [0.15, 0.2) is 5.69 Å². The molecule has 0 amide bonds. The second-order valence-electron chi connectivity index (χ2n) is 3.38. The van der Waals surface area contributed by atoms with Crippen molar-refractivity contribution in [3.8, 4) is 6.07 Å². The van der Waals surface area contributed by atoms with Gasteiger partial charge in [-0.2, -0.15) is 5.26 Å². The van der Waals surface area contributed by atoms with E-state index in [1.54, 1.807) is 36.5 Å². The van der Waals surface area contributed by atoms with Crippen LogP contribution in [0.1, 0.15) is 5.69 Å². The molecule has 0 radical (unpaired) electrons. The molecule has 0 unspecified atom stereocenters. The van der Waals surface area contributed by atoms with E-state index in [1.165, 1.54) is 0 Å². The van der Waals surface area contributed by atoms with Gasteiger partial charge < -0.3 is 11.1 Å². The van der Waals surface area contributed by atoms with Crippen LogP contribution in [0, 0.1) is 11.3 Å². The summed E-state index contributed by atoms with van der Waals surface area (Å²) in [6.45, 7) is 0. The highest BCUT2D eigenvalue weighted by Crippen LogP contribution is 2.28. The van der Waals surface area contributed by atoms with Gasteiger partial charge >= 0.3 is 0 Å². The minimum absolute atomic E-state index is 0.311. The minimum atomic E-state index is 0.311. The van der Waals surface area contributed by atoms with E-state index in [4.69, 9.17) is 22.6 Å². The van der Waals surface area contributed by atoms with E-state index in [9.17, 15) is 0 Å². The van der Waals surface area contributed by atoms with Crippen molar-refractivity contribution in [1.29, 1.82) is 5.26 Å². The van der Waals surface area contributed by atoms with Gasteiger partial charge in [-0.05, 0) is 30.3 Å². The molecular weight excluding hydrogens is 236 g/mol. The van der Waals surface area contributed by atoms with Gasteiger partial charge in [0.1, 0.15) is 6.07 Å². The Balaban J connectivity index is 2.38. The monoisotopic (exact) mass is 244 g/mol. The Morgan fingerprint density at radius 1 is 1.29 bits per heavy atom. The molecule has 3 N–H and O–H groups in total. The largest absolute Gasteiger partial charge is 0.399 e. The van der Waals surface area contributed by atoms with E-state index in [1.807, 2.05) is 6.07 Å². The zero-order chi connectivity index (χ0) is 12.3. The van der Waals surface area contributed by atoms with Crippen molar-refractivity contribution >= 4 is 28.7 Å². The lowest BCUT2D eigenvalue weighted by molar-refractivity contribution is 1.26. The molecule has 4 nitrogen and oxygen atoms in total. The lowest BCUT2D eigenvalue weighted by atomic mass is 10.2. The summed E-state index contributed by atoms with van der Waals surface area (Å²) < 4.78 is 0. The summed E-state index contributed by atoms with van der Waals surface area (Å²) in [6, 6.07) is 10.6. The van der Waals surface area contributed by atoms with Crippen LogP contribution in [0.4, 0.5) is 17.1 Å². The number of anilines is 3. The maximum atomic E-state index is 8.91. The van der Waals surface area contributed by atoms with E-state index < -0.39 is 0 Å². The van der Waals surface area contributed by atoms with Crippen molar-refractivity contribution in [2.75, 3.05) is 11.1 Å². The van der Waals surface area contributed by atoms with E-state index in [0.717, 1.165) is 0 Å². The van der Waals surface area contributed by atoms with Crippen LogP contribution in [0.25, 0.3) is 0 Å². The standard InChI is InChI=1S/C12H9ClN4/c13-9-4-3-8(15)6-11(9)17-10-2-1-5-16-12(10)7-14/h1-6,17H,15H2. The van der Waals surface area contributed by atoms with E-state index in [2.05, 4.69) is 10.3 Å². The molecule has 1 aromatic carbocycles. The van der Waals surface area contributed by atoms with Gasteiger partial charge in [0.25, 0.3) is 0 Å². The Morgan fingerprint density at radius 2 is 2.12 bits per heavy atom. The first-order valence-corrected chi connectivity index (χ1v) is 5.25. The maximum Gasteiger partial charge on any atom is 0.163 e. The second-order valence-corrected chi connectivity index (χ2v) is 3.78. The van der Waals surface area contributed by atoms with Gasteiger partial charge in [-0.1, -0.05) is 11.6 Å². The molecule has 0 bridgehead atoms. The zero-order valence-corrected chi connectivity index (χ0v) is 9.57. The number of hydrogen-bond acceptors (Lipinski definition) is 4. The Bertz CT molecular complexity index is 589. The van der Waals surface area contributed by atoms with Crippen LogP contribution >= 0.6 is 11.6 Å². The van der Waals surface area contributed by atoms with Crippen LogP contribution in [0.5, 0.6) is 0 Å². The number of nitrogen functional groups attached to an aromatic ring is 1. The maximum absolute atomic E-state index is 8.91. The van der Waals surface area contributed by atoms with Gasteiger partial charge in [-0.3, -0.25) is 0 Å². The van der Waals surface area contributed by atoms with Gasteiger partial charge in [0.05, 0.1) is 16.4 Å². The first-order valence-electron chi connectivity index (χ1n) is 4.88. The van der Waals surface area contributed by atoms with Gasteiger partial charge in [0, 0.05) is 11.9 Å². The molecule has 0 spiro atoms. The smallest absolute Gasteiger partial charge is 0.163 e. The predicted molar refractivity (Wildman–Crippen MR) is 68.1 cm³/mol. The van der Waals surface area contributed by atoms with E-state index in [0.29, 0.717) is 27.8 Å². The third-order valence-electron chi connectivity index (χ3n) is 2.17. The van der Waals surface area contributed by atoms with Crippen LogP contribution in [-0.2, 0) is 0 Å². The Labute approximate surface area is 104 Å². The minimum Gasteiger partial charge on any atom is -0.399 e. The van der Waals surface area contributed by atoms with Crippen molar-refractivity contribution in [1.82, 2.24) is 4.98 Å². The molecule has 84 valence electrons. The number of hydrogen-bond donors (Lipinski definition) is 2. The lowest BCUT2D eigenvalue weighted by Crippen LogP contribution is -1.97. The molecule has 0 saturated heterocycles. The van der Waals surface area contributed by atoms with Crippen LogP contribution in [0.15, 0.2) is 36.5 Å². The summed E-state index contributed by atoms with van der Waals surface area (Å²) in [7, 11) is 0. The number of aromatic nitrogens is 1. The van der Waals surface area contributed by atoms with Crippen molar-refractivity contribution < 1.29 is 0 Å². The number of benzene rings is 1. The number of nitrogens with one attached hydrogen (secondary N) is 1.